The first-order valence-electron chi connectivity index (χ1n) is 16.6. The normalized spacial score (nSPS) is 13.3. The van der Waals surface area contributed by atoms with Crippen molar-refractivity contribution >= 4 is 110 Å². The third kappa shape index (κ3) is 3.05. The van der Waals surface area contributed by atoms with Crippen LogP contribution >= 0.6 is 11.3 Å². The summed E-state index contributed by atoms with van der Waals surface area (Å²) in [4.78, 5) is 2.62. The Morgan fingerprint density at radius 3 is 2.12 bits per heavy atom. The zero-order valence-electron chi connectivity index (χ0n) is 25.8. The maximum absolute atomic E-state index is 2.66. The Labute approximate surface area is 280 Å². The molecular formula is C44H25BN2S. The van der Waals surface area contributed by atoms with E-state index in [4.69, 9.17) is 0 Å². The van der Waals surface area contributed by atoms with E-state index in [1.807, 2.05) is 11.3 Å². The van der Waals surface area contributed by atoms with Crippen LogP contribution in [0, 0.1) is 0 Å². The van der Waals surface area contributed by atoms with Crippen molar-refractivity contribution in [3.05, 3.63) is 152 Å². The lowest BCUT2D eigenvalue weighted by molar-refractivity contribution is 1.28. The van der Waals surface area contributed by atoms with Crippen molar-refractivity contribution in [2.24, 2.45) is 0 Å². The summed E-state index contributed by atoms with van der Waals surface area (Å²) in [6, 6.07) is 56.8. The number of hydrogen-bond donors (Lipinski definition) is 0. The Morgan fingerprint density at radius 1 is 0.479 bits per heavy atom. The summed E-state index contributed by atoms with van der Waals surface area (Å²) in [6.45, 7) is 0.0261. The summed E-state index contributed by atoms with van der Waals surface area (Å²) < 4.78 is 5.34. The molecule has 0 saturated heterocycles. The van der Waals surface area contributed by atoms with Gasteiger partial charge in [-0.1, -0.05) is 121 Å². The smallest absolute Gasteiger partial charge is 0.333 e. The molecule has 2 aliphatic heterocycles. The molecule has 0 fully saturated rings. The summed E-state index contributed by atoms with van der Waals surface area (Å²) in [6.07, 6.45) is 0. The van der Waals surface area contributed by atoms with E-state index in [1.165, 1.54) is 103 Å². The standard InChI is InChI=1S/C44H25BN2S/c1-2-12-28-24-29(22-20-26(28)10-1)46-42-30-13-4-3-11-27(30)21-23-37(42)45-40-35(25-36-32-15-6-8-19-39(32)48-44(36)43(40)46)34-17-9-16-33-31-14-5-7-18-38(31)47(45)41(33)34/h1-25H. The first kappa shape index (κ1) is 25.3. The Bertz CT molecular complexity index is 3040. The number of rotatable bonds is 1. The summed E-state index contributed by atoms with van der Waals surface area (Å²) >= 11 is 1.93. The van der Waals surface area contributed by atoms with E-state index < -0.39 is 0 Å². The molecule has 0 saturated carbocycles. The molecule has 48 heavy (non-hydrogen) atoms. The van der Waals surface area contributed by atoms with E-state index in [2.05, 4.69) is 161 Å². The van der Waals surface area contributed by atoms with Crippen LogP contribution in [0.3, 0.4) is 0 Å². The SMILES string of the molecule is c1ccc2cc(N3c4c(ccc5ccccc45)B4c5c(cc6c(sc7ccccc76)c53)-c3cccc5c6ccccc6n4c35)ccc2c1. The molecule has 0 N–H and O–H groups in total. The van der Waals surface area contributed by atoms with Crippen molar-refractivity contribution in [2.75, 3.05) is 4.90 Å². The molecule has 2 aromatic heterocycles. The zero-order valence-corrected chi connectivity index (χ0v) is 26.6. The molecule has 0 spiro atoms. The number of hydrogen-bond acceptors (Lipinski definition) is 2. The molecule has 10 aromatic rings. The molecule has 12 rings (SSSR count). The maximum Gasteiger partial charge on any atom is 0.333 e. The highest BCUT2D eigenvalue weighted by molar-refractivity contribution is 7.26. The summed E-state index contributed by atoms with van der Waals surface area (Å²) in [5.41, 5.74) is 11.8. The highest BCUT2D eigenvalue weighted by Gasteiger charge is 2.44. The third-order valence-electron chi connectivity index (χ3n) is 10.9. The number of fused-ring (bicyclic) bond motifs is 14. The molecule has 4 heteroatoms. The van der Waals surface area contributed by atoms with E-state index >= 15 is 0 Å². The number of nitrogens with zero attached hydrogens (tertiary/aromatic N) is 2. The highest BCUT2D eigenvalue weighted by atomic mass is 32.1. The van der Waals surface area contributed by atoms with Gasteiger partial charge in [-0.3, -0.25) is 0 Å². The third-order valence-corrected chi connectivity index (χ3v) is 12.1. The second-order valence-corrected chi connectivity index (χ2v) is 14.3. The van der Waals surface area contributed by atoms with Gasteiger partial charge in [-0.2, -0.15) is 0 Å². The van der Waals surface area contributed by atoms with Crippen LogP contribution in [0.15, 0.2) is 152 Å². The average Bonchev–Trinajstić information content (AvgIpc) is 3.69. The summed E-state index contributed by atoms with van der Waals surface area (Å²) in [5.74, 6) is 0. The minimum absolute atomic E-state index is 0.0261. The predicted molar refractivity (Wildman–Crippen MR) is 208 cm³/mol. The van der Waals surface area contributed by atoms with Gasteiger partial charge in [-0.05, 0) is 63.0 Å². The van der Waals surface area contributed by atoms with E-state index in [0.29, 0.717) is 0 Å². The van der Waals surface area contributed by atoms with Crippen molar-refractivity contribution in [1.29, 1.82) is 0 Å². The molecule has 220 valence electrons. The number of anilines is 3. The molecule has 4 heterocycles. The van der Waals surface area contributed by atoms with E-state index in [0.717, 1.165) is 0 Å². The van der Waals surface area contributed by atoms with Crippen LogP contribution in [0.5, 0.6) is 0 Å². The number of benzene rings is 8. The Hall–Kier alpha value is -5.84. The fourth-order valence-electron chi connectivity index (χ4n) is 8.97. The Kier molecular flexibility index (Phi) is 4.71. The first-order chi connectivity index (χ1) is 23.8. The lowest BCUT2D eigenvalue weighted by Gasteiger charge is -2.41. The van der Waals surface area contributed by atoms with Gasteiger partial charge in [-0.15, -0.1) is 11.3 Å². The molecule has 2 nitrogen and oxygen atoms in total. The Morgan fingerprint density at radius 2 is 1.21 bits per heavy atom. The van der Waals surface area contributed by atoms with Crippen LogP contribution < -0.4 is 15.8 Å². The fourth-order valence-corrected chi connectivity index (χ4v) is 10.2. The van der Waals surface area contributed by atoms with E-state index in [9.17, 15) is 0 Å². The van der Waals surface area contributed by atoms with E-state index in [-0.39, 0.29) is 6.85 Å². The van der Waals surface area contributed by atoms with Crippen molar-refractivity contribution in [1.82, 2.24) is 4.48 Å². The van der Waals surface area contributed by atoms with Crippen LogP contribution in [0.4, 0.5) is 17.1 Å². The van der Waals surface area contributed by atoms with Gasteiger partial charge in [-0.25, -0.2) is 0 Å². The number of aromatic nitrogens is 1. The first-order valence-corrected chi connectivity index (χ1v) is 17.5. The lowest BCUT2D eigenvalue weighted by atomic mass is 9.45. The van der Waals surface area contributed by atoms with Crippen LogP contribution in [0.25, 0.3) is 74.6 Å². The molecule has 0 atom stereocenters. The topological polar surface area (TPSA) is 8.17 Å². The molecule has 0 amide bonds. The largest absolute Gasteiger partial charge is 0.375 e. The maximum atomic E-state index is 2.66. The van der Waals surface area contributed by atoms with Gasteiger partial charge in [0, 0.05) is 53.9 Å². The van der Waals surface area contributed by atoms with Gasteiger partial charge in [0.2, 0.25) is 0 Å². The minimum Gasteiger partial charge on any atom is -0.375 e. The quantitative estimate of drug-likeness (QED) is 0.165. The average molecular weight is 625 g/mol. The lowest BCUT2D eigenvalue weighted by Crippen LogP contribution is -2.56. The predicted octanol–water partition coefficient (Wildman–Crippen LogP) is 10.9. The molecule has 2 aliphatic rings. The molecular weight excluding hydrogens is 599 g/mol. The van der Waals surface area contributed by atoms with Gasteiger partial charge in [0.25, 0.3) is 0 Å². The number of para-hydroxylation sites is 2. The van der Waals surface area contributed by atoms with Crippen molar-refractivity contribution in [3.8, 4) is 11.1 Å². The van der Waals surface area contributed by atoms with Crippen molar-refractivity contribution in [2.45, 2.75) is 0 Å². The van der Waals surface area contributed by atoms with Gasteiger partial charge in [0.1, 0.15) is 0 Å². The van der Waals surface area contributed by atoms with Crippen LogP contribution in [0.2, 0.25) is 0 Å². The fraction of sp³-hybridized carbons (Fsp3) is 0. The van der Waals surface area contributed by atoms with Crippen molar-refractivity contribution in [3.63, 3.8) is 0 Å². The van der Waals surface area contributed by atoms with Crippen molar-refractivity contribution < 1.29 is 0 Å². The second-order valence-electron chi connectivity index (χ2n) is 13.2. The Balaban J connectivity index is 1.35. The minimum atomic E-state index is 0.0261. The second kappa shape index (κ2) is 8.94. The number of thiophene rings is 1. The molecule has 8 aromatic carbocycles. The van der Waals surface area contributed by atoms with Gasteiger partial charge >= 0.3 is 6.85 Å². The molecule has 0 unspecified atom stereocenters. The zero-order chi connectivity index (χ0) is 31.1. The molecule has 0 radical (unpaired) electrons. The van der Waals surface area contributed by atoms with Gasteiger partial charge in [0.05, 0.1) is 16.1 Å². The summed E-state index contributed by atoms with van der Waals surface area (Å²) in [7, 11) is 0. The van der Waals surface area contributed by atoms with Gasteiger partial charge < -0.3 is 9.38 Å². The highest BCUT2D eigenvalue weighted by Crippen LogP contribution is 2.52. The molecule has 0 bridgehead atoms. The van der Waals surface area contributed by atoms with Gasteiger partial charge in [0.15, 0.2) is 0 Å². The van der Waals surface area contributed by atoms with Crippen LogP contribution in [-0.2, 0) is 0 Å². The van der Waals surface area contributed by atoms with E-state index in [1.54, 1.807) is 0 Å². The molecule has 0 aliphatic carbocycles. The van der Waals surface area contributed by atoms with Crippen LogP contribution in [-0.4, -0.2) is 11.3 Å². The van der Waals surface area contributed by atoms with Crippen LogP contribution in [0.1, 0.15) is 0 Å². The monoisotopic (exact) mass is 624 g/mol. The summed E-state index contributed by atoms with van der Waals surface area (Å²) in [5, 5.41) is 10.3.